The van der Waals surface area contributed by atoms with Crippen molar-refractivity contribution in [2.24, 2.45) is 5.73 Å². The molecule has 4 heterocycles. The minimum absolute atomic E-state index is 0.0191. The van der Waals surface area contributed by atoms with Gasteiger partial charge in [-0.1, -0.05) is 6.58 Å². The second-order valence-corrected chi connectivity index (χ2v) is 7.35. The molecule has 35 heavy (non-hydrogen) atoms. The number of morpholine rings is 1. The highest BCUT2D eigenvalue weighted by molar-refractivity contribution is 5.91. The van der Waals surface area contributed by atoms with Gasteiger partial charge in [-0.2, -0.15) is 18.2 Å². The van der Waals surface area contributed by atoms with Crippen LogP contribution in [0.2, 0.25) is 0 Å². The van der Waals surface area contributed by atoms with Crippen molar-refractivity contribution in [1.29, 1.82) is 0 Å². The SMILES string of the molecule is C=C(OC(N)=O)[C@H]1COC(=O)N1c1cc(-c2cnc(N)nc2C(F)(F)F)nc(N2CCOCC2)n1. The molecule has 4 N–H and O–H groups in total. The summed E-state index contributed by atoms with van der Waals surface area (Å²) in [5, 5.41) is 0. The van der Waals surface area contributed by atoms with Gasteiger partial charge in [-0.25, -0.2) is 29.4 Å². The summed E-state index contributed by atoms with van der Waals surface area (Å²) in [7, 11) is 0. The predicted molar refractivity (Wildman–Crippen MR) is 113 cm³/mol. The first kappa shape index (κ1) is 23.9. The van der Waals surface area contributed by atoms with Gasteiger partial charge in [0.15, 0.2) is 5.69 Å². The fourth-order valence-corrected chi connectivity index (χ4v) is 3.50. The molecular weight excluding hydrogens is 477 g/mol. The molecule has 0 aliphatic carbocycles. The molecule has 2 saturated heterocycles. The summed E-state index contributed by atoms with van der Waals surface area (Å²) in [6.45, 7) is 4.68. The Morgan fingerprint density at radius 2 is 1.94 bits per heavy atom. The Morgan fingerprint density at radius 1 is 1.23 bits per heavy atom. The number of aromatic nitrogens is 4. The summed E-state index contributed by atoms with van der Waals surface area (Å²) in [4.78, 5) is 42.0. The standard InChI is InChI=1S/C19H19F3N8O5/c1-9(35-16(24)31)12-8-34-18(32)30(12)13-6-11(26-17(27-13)29-2-4-33-5-3-29)10-7-25-15(23)28-14(10)19(20,21)22/h6-7,12H,1-5,8H2,(H2,24,31)(H2,23,25,28)/t12-/m1/s1. The van der Waals surface area contributed by atoms with Crippen LogP contribution in [0.3, 0.4) is 0 Å². The first-order valence-electron chi connectivity index (χ1n) is 10.1. The number of hydrogen-bond donors (Lipinski definition) is 2. The van der Waals surface area contributed by atoms with E-state index in [1.807, 2.05) is 0 Å². The highest BCUT2D eigenvalue weighted by Gasteiger charge is 2.41. The van der Waals surface area contributed by atoms with Crippen molar-refractivity contribution >= 4 is 29.9 Å². The van der Waals surface area contributed by atoms with Gasteiger partial charge in [-0.15, -0.1) is 0 Å². The fourth-order valence-electron chi connectivity index (χ4n) is 3.50. The van der Waals surface area contributed by atoms with Gasteiger partial charge in [0.2, 0.25) is 11.9 Å². The van der Waals surface area contributed by atoms with Crippen LogP contribution in [0.1, 0.15) is 5.69 Å². The average Bonchev–Trinajstić information content (AvgIpc) is 3.20. The molecule has 2 aromatic rings. The Hall–Kier alpha value is -4.21. The molecule has 0 radical (unpaired) electrons. The van der Waals surface area contributed by atoms with Gasteiger partial charge in [-0.05, 0) is 0 Å². The zero-order chi connectivity index (χ0) is 25.3. The molecule has 2 fully saturated rings. The third-order valence-electron chi connectivity index (χ3n) is 5.07. The summed E-state index contributed by atoms with van der Waals surface area (Å²) < 4.78 is 56.4. The zero-order valence-electron chi connectivity index (χ0n) is 18.0. The molecule has 0 bridgehead atoms. The molecule has 0 spiro atoms. The lowest BCUT2D eigenvalue weighted by Crippen LogP contribution is -2.39. The van der Waals surface area contributed by atoms with Crippen molar-refractivity contribution in [2.45, 2.75) is 12.2 Å². The second-order valence-electron chi connectivity index (χ2n) is 7.35. The number of carbonyl (C=O) groups is 2. The average molecular weight is 496 g/mol. The number of primary amides is 1. The van der Waals surface area contributed by atoms with Crippen LogP contribution in [-0.2, 0) is 20.4 Å². The number of amides is 2. The van der Waals surface area contributed by atoms with Gasteiger partial charge in [0.05, 0.1) is 18.9 Å². The summed E-state index contributed by atoms with van der Waals surface area (Å²) in [5.41, 5.74) is 8.38. The van der Waals surface area contributed by atoms with Gasteiger partial charge in [0.1, 0.15) is 24.2 Å². The summed E-state index contributed by atoms with van der Waals surface area (Å²) in [6.07, 6.45) is -6.06. The molecule has 0 aromatic carbocycles. The lowest BCUT2D eigenvalue weighted by atomic mass is 10.1. The van der Waals surface area contributed by atoms with Crippen LogP contribution < -0.4 is 21.3 Å². The number of cyclic esters (lactones) is 1. The monoisotopic (exact) mass is 496 g/mol. The van der Waals surface area contributed by atoms with Crippen molar-refractivity contribution < 1.29 is 37.0 Å². The number of alkyl halides is 3. The highest BCUT2D eigenvalue weighted by Crippen LogP contribution is 2.37. The van der Waals surface area contributed by atoms with Gasteiger partial charge < -0.3 is 30.6 Å². The van der Waals surface area contributed by atoms with Gasteiger partial charge in [0.25, 0.3) is 0 Å². The van der Waals surface area contributed by atoms with Crippen molar-refractivity contribution in [3.63, 3.8) is 0 Å². The highest BCUT2D eigenvalue weighted by atomic mass is 19.4. The molecule has 16 heteroatoms. The Bertz CT molecular complexity index is 1170. The molecule has 2 aliphatic heterocycles. The lowest BCUT2D eigenvalue weighted by molar-refractivity contribution is -0.140. The number of hydrogen-bond acceptors (Lipinski definition) is 11. The molecule has 13 nitrogen and oxygen atoms in total. The van der Waals surface area contributed by atoms with E-state index in [2.05, 4.69) is 26.5 Å². The van der Waals surface area contributed by atoms with Gasteiger partial charge in [-0.3, -0.25) is 0 Å². The Morgan fingerprint density at radius 3 is 2.60 bits per heavy atom. The topological polar surface area (TPSA) is 172 Å². The minimum atomic E-state index is -4.88. The van der Waals surface area contributed by atoms with E-state index in [1.165, 1.54) is 0 Å². The van der Waals surface area contributed by atoms with Crippen LogP contribution in [0, 0.1) is 0 Å². The smallest absolute Gasteiger partial charge is 0.434 e. The number of nitrogen functional groups attached to an aromatic ring is 1. The van der Waals surface area contributed by atoms with Crippen molar-refractivity contribution in [2.75, 3.05) is 48.4 Å². The number of halogens is 3. The van der Waals surface area contributed by atoms with E-state index >= 15 is 0 Å². The van der Waals surface area contributed by atoms with E-state index in [0.29, 0.717) is 26.3 Å². The maximum absolute atomic E-state index is 13.7. The van der Waals surface area contributed by atoms with E-state index < -0.39 is 41.6 Å². The maximum atomic E-state index is 13.7. The van der Waals surface area contributed by atoms with Crippen molar-refractivity contribution in [3.8, 4) is 11.3 Å². The van der Waals surface area contributed by atoms with E-state index in [-0.39, 0.29) is 29.8 Å². The number of carbonyl (C=O) groups excluding carboxylic acids is 2. The second kappa shape index (κ2) is 9.21. The van der Waals surface area contributed by atoms with Crippen LogP contribution in [0.15, 0.2) is 24.6 Å². The Balaban J connectivity index is 1.86. The molecule has 2 aliphatic rings. The third-order valence-corrected chi connectivity index (χ3v) is 5.07. The normalized spacial score (nSPS) is 18.4. The van der Waals surface area contributed by atoms with Gasteiger partial charge in [0, 0.05) is 30.9 Å². The predicted octanol–water partition coefficient (Wildman–Crippen LogP) is 1.31. The summed E-state index contributed by atoms with van der Waals surface area (Å²) in [6, 6.07) is 0.0885. The summed E-state index contributed by atoms with van der Waals surface area (Å²) >= 11 is 0. The van der Waals surface area contributed by atoms with Gasteiger partial charge >= 0.3 is 18.4 Å². The number of ether oxygens (including phenoxy) is 3. The first-order valence-corrected chi connectivity index (χ1v) is 10.1. The quantitative estimate of drug-likeness (QED) is 0.572. The molecule has 0 saturated carbocycles. The Kier molecular flexibility index (Phi) is 6.29. The molecule has 2 aromatic heterocycles. The first-order chi connectivity index (χ1) is 16.5. The van der Waals surface area contributed by atoms with E-state index in [4.69, 9.17) is 25.7 Å². The van der Waals surface area contributed by atoms with Crippen molar-refractivity contribution in [1.82, 2.24) is 19.9 Å². The largest absolute Gasteiger partial charge is 0.446 e. The summed E-state index contributed by atoms with van der Waals surface area (Å²) in [5.74, 6) is -0.913. The zero-order valence-corrected chi connectivity index (χ0v) is 18.0. The molecule has 2 amide bonds. The fraction of sp³-hybridized carbons (Fsp3) is 0.368. The number of nitrogens with zero attached hydrogens (tertiary/aromatic N) is 6. The Labute approximate surface area is 195 Å². The van der Waals surface area contributed by atoms with E-state index in [9.17, 15) is 22.8 Å². The van der Waals surface area contributed by atoms with Crippen LogP contribution in [0.4, 0.5) is 40.5 Å². The third kappa shape index (κ3) is 5.01. The van der Waals surface area contributed by atoms with Crippen LogP contribution in [-0.4, -0.2) is 71.1 Å². The molecule has 186 valence electrons. The number of anilines is 3. The van der Waals surface area contributed by atoms with Crippen LogP contribution >= 0.6 is 0 Å². The molecular formula is C19H19F3N8O5. The maximum Gasteiger partial charge on any atom is 0.434 e. The number of rotatable bonds is 5. The van der Waals surface area contributed by atoms with Crippen LogP contribution in [0.5, 0.6) is 0 Å². The molecule has 4 rings (SSSR count). The van der Waals surface area contributed by atoms with Crippen molar-refractivity contribution in [3.05, 3.63) is 30.3 Å². The van der Waals surface area contributed by atoms with Crippen LogP contribution in [0.25, 0.3) is 11.3 Å². The van der Waals surface area contributed by atoms with E-state index in [0.717, 1.165) is 17.2 Å². The number of nitrogens with two attached hydrogens (primary N) is 2. The minimum Gasteiger partial charge on any atom is -0.446 e. The van der Waals surface area contributed by atoms with E-state index in [1.54, 1.807) is 4.90 Å². The lowest BCUT2D eigenvalue weighted by Gasteiger charge is -2.28. The molecule has 0 unspecified atom stereocenters. The molecule has 1 atom stereocenters.